The van der Waals surface area contributed by atoms with Crippen molar-refractivity contribution in [2.75, 3.05) is 24.7 Å². The fourth-order valence-corrected chi connectivity index (χ4v) is 4.54. The molecule has 2 heterocycles. The first-order valence-corrected chi connectivity index (χ1v) is 8.42. The first-order chi connectivity index (χ1) is 9.07. The van der Waals surface area contributed by atoms with E-state index in [0.717, 1.165) is 0 Å². The van der Waals surface area contributed by atoms with Gasteiger partial charge in [-0.05, 0) is 13.0 Å². The average molecular weight is 305 g/mol. The fourth-order valence-electron chi connectivity index (χ4n) is 1.81. The molecular formula is C10H15N3O4S2. The molecule has 0 bridgehead atoms. The third kappa shape index (κ3) is 2.93. The van der Waals surface area contributed by atoms with Gasteiger partial charge in [0.15, 0.2) is 5.03 Å². The van der Waals surface area contributed by atoms with Gasteiger partial charge >= 0.3 is 5.97 Å². The minimum Gasteiger partial charge on any atom is -0.465 e. The lowest BCUT2D eigenvalue weighted by Crippen LogP contribution is -2.50. The number of aromatic amines is 1. The summed E-state index contributed by atoms with van der Waals surface area (Å²) in [5.74, 6) is 0.563. The van der Waals surface area contributed by atoms with Gasteiger partial charge in [-0.3, -0.25) is 9.89 Å². The molecule has 0 spiro atoms. The van der Waals surface area contributed by atoms with Crippen LogP contribution in [0.4, 0.5) is 0 Å². The van der Waals surface area contributed by atoms with Crippen molar-refractivity contribution in [1.29, 1.82) is 0 Å². The molecule has 1 N–H and O–H groups in total. The minimum absolute atomic E-state index is 0.00583. The van der Waals surface area contributed by atoms with E-state index in [9.17, 15) is 13.2 Å². The van der Waals surface area contributed by atoms with Crippen LogP contribution in [0.2, 0.25) is 0 Å². The Morgan fingerprint density at radius 1 is 1.68 bits per heavy atom. The molecule has 2 rings (SSSR count). The van der Waals surface area contributed by atoms with Crippen molar-refractivity contribution < 1.29 is 17.9 Å². The summed E-state index contributed by atoms with van der Waals surface area (Å²) in [6.07, 6.45) is 1.37. The highest BCUT2D eigenvalue weighted by atomic mass is 32.2. The first kappa shape index (κ1) is 14.4. The molecule has 1 atom stereocenters. The van der Waals surface area contributed by atoms with Gasteiger partial charge in [0.25, 0.3) is 10.0 Å². The van der Waals surface area contributed by atoms with Crippen LogP contribution in [0.3, 0.4) is 0 Å². The number of ether oxygens (including phenoxy) is 1. The second kappa shape index (κ2) is 5.93. The maximum Gasteiger partial charge on any atom is 0.325 e. The zero-order chi connectivity index (χ0) is 13.9. The van der Waals surface area contributed by atoms with Crippen LogP contribution in [0, 0.1) is 0 Å². The van der Waals surface area contributed by atoms with E-state index in [2.05, 4.69) is 10.2 Å². The van der Waals surface area contributed by atoms with E-state index in [-0.39, 0.29) is 18.2 Å². The highest BCUT2D eigenvalue weighted by Gasteiger charge is 2.39. The summed E-state index contributed by atoms with van der Waals surface area (Å²) in [5, 5.41) is 6.06. The molecule has 0 saturated carbocycles. The zero-order valence-electron chi connectivity index (χ0n) is 10.4. The van der Waals surface area contributed by atoms with Crippen LogP contribution in [-0.4, -0.2) is 59.6 Å². The number of nitrogens with one attached hydrogen (secondary N) is 1. The third-order valence-corrected chi connectivity index (χ3v) is 5.56. The Labute approximate surface area is 115 Å². The van der Waals surface area contributed by atoms with Crippen molar-refractivity contribution in [1.82, 2.24) is 14.5 Å². The molecule has 1 aromatic heterocycles. The zero-order valence-corrected chi connectivity index (χ0v) is 12.0. The molecule has 0 aliphatic carbocycles. The number of carbonyl (C=O) groups is 1. The predicted octanol–water partition coefficient (Wildman–Crippen LogP) is 0.0789. The average Bonchev–Trinajstić information content (AvgIpc) is 2.93. The molecule has 9 heteroatoms. The summed E-state index contributed by atoms with van der Waals surface area (Å²) >= 11 is 1.54. The van der Waals surface area contributed by atoms with Crippen LogP contribution in [0.15, 0.2) is 17.3 Å². The summed E-state index contributed by atoms with van der Waals surface area (Å²) in [6, 6.07) is 0.603. The number of carbonyl (C=O) groups excluding carboxylic acids is 1. The molecule has 1 aliphatic heterocycles. The van der Waals surface area contributed by atoms with E-state index in [1.807, 2.05) is 0 Å². The highest BCUT2D eigenvalue weighted by Crippen LogP contribution is 2.24. The van der Waals surface area contributed by atoms with Crippen LogP contribution in [-0.2, 0) is 19.6 Å². The Kier molecular flexibility index (Phi) is 4.48. The van der Waals surface area contributed by atoms with Crippen LogP contribution >= 0.6 is 11.8 Å². The summed E-state index contributed by atoms with van der Waals surface area (Å²) in [7, 11) is -3.73. The number of aromatic nitrogens is 2. The van der Waals surface area contributed by atoms with Crippen LogP contribution in [0.1, 0.15) is 6.92 Å². The molecule has 0 radical (unpaired) electrons. The molecule has 1 unspecified atom stereocenters. The lowest BCUT2D eigenvalue weighted by atomic mass is 10.3. The third-order valence-electron chi connectivity index (χ3n) is 2.70. The van der Waals surface area contributed by atoms with E-state index < -0.39 is 22.0 Å². The molecule has 106 valence electrons. The van der Waals surface area contributed by atoms with Gasteiger partial charge in [0.05, 0.1) is 12.8 Å². The van der Waals surface area contributed by atoms with Gasteiger partial charge < -0.3 is 4.74 Å². The van der Waals surface area contributed by atoms with Crippen molar-refractivity contribution in [3.8, 4) is 0 Å². The van der Waals surface area contributed by atoms with E-state index in [1.165, 1.54) is 16.6 Å². The van der Waals surface area contributed by atoms with E-state index in [0.29, 0.717) is 11.5 Å². The second-order valence-electron chi connectivity index (χ2n) is 3.88. The number of sulfonamides is 1. The van der Waals surface area contributed by atoms with E-state index in [4.69, 9.17) is 4.74 Å². The van der Waals surface area contributed by atoms with Crippen molar-refractivity contribution >= 4 is 27.8 Å². The van der Waals surface area contributed by atoms with Crippen LogP contribution in [0.5, 0.6) is 0 Å². The molecule has 1 aromatic rings. The Morgan fingerprint density at radius 2 is 2.47 bits per heavy atom. The monoisotopic (exact) mass is 305 g/mol. The summed E-state index contributed by atoms with van der Waals surface area (Å²) in [5.41, 5.74) is 0. The lowest BCUT2D eigenvalue weighted by Gasteiger charge is -2.31. The standard InChI is InChI=1S/C10H15N3O4S2/c1-2-17-10(14)8-7-18-6-5-13(8)19(15,16)9-3-4-11-12-9/h3-4,8H,2,5-7H2,1H3,(H,11,12). The number of nitrogens with zero attached hydrogens (tertiary/aromatic N) is 2. The Balaban J connectivity index is 2.27. The molecule has 0 amide bonds. The largest absolute Gasteiger partial charge is 0.465 e. The molecule has 1 fully saturated rings. The van der Waals surface area contributed by atoms with Gasteiger partial charge in [-0.1, -0.05) is 0 Å². The number of thioether (sulfide) groups is 1. The van der Waals surface area contributed by atoms with Gasteiger partial charge in [-0.15, -0.1) is 0 Å². The normalized spacial score (nSPS) is 21.2. The molecule has 1 saturated heterocycles. The van der Waals surface area contributed by atoms with Gasteiger partial charge in [0.2, 0.25) is 0 Å². The summed E-state index contributed by atoms with van der Waals surface area (Å²) in [6.45, 7) is 2.22. The molecule has 1 aliphatic rings. The highest BCUT2D eigenvalue weighted by molar-refractivity contribution is 7.99. The van der Waals surface area contributed by atoms with Crippen molar-refractivity contribution in [2.24, 2.45) is 0 Å². The molecule has 0 aromatic carbocycles. The maximum atomic E-state index is 12.4. The first-order valence-electron chi connectivity index (χ1n) is 5.83. The summed E-state index contributed by atoms with van der Waals surface area (Å²) in [4.78, 5) is 11.9. The minimum atomic E-state index is -3.73. The van der Waals surface area contributed by atoms with E-state index >= 15 is 0 Å². The Morgan fingerprint density at radius 3 is 3.11 bits per heavy atom. The molecule has 19 heavy (non-hydrogen) atoms. The number of hydrogen-bond donors (Lipinski definition) is 1. The van der Waals surface area contributed by atoms with Crippen LogP contribution < -0.4 is 0 Å². The lowest BCUT2D eigenvalue weighted by molar-refractivity contribution is -0.146. The molecule has 7 nitrogen and oxygen atoms in total. The quantitative estimate of drug-likeness (QED) is 0.792. The predicted molar refractivity (Wildman–Crippen MR) is 70.2 cm³/mol. The van der Waals surface area contributed by atoms with Gasteiger partial charge in [-0.2, -0.15) is 21.2 Å². The number of esters is 1. The topological polar surface area (TPSA) is 92.4 Å². The van der Waals surface area contributed by atoms with Crippen molar-refractivity contribution in [3.05, 3.63) is 12.3 Å². The fraction of sp³-hybridized carbons (Fsp3) is 0.600. The van der Waals surface area contributed by atoms with E-state index in [1.54, 1.807) is 18.7 Å². The number of hydrogen-bond acceptors (Lipinski definition) is 6. The number of rotatable bonds is 4. The molecular weight excluding hydrogens is 290 g/mol. The summed E-state index contributed by atoms with van der Waals surface area (Å²) < 4.78 is 30.9. The van der Waals surface area contributed by atoms with Gasteiger partial charge in [-0.25, -0.2) is 8.42 Å². The Hall–Kier alpha value is -1.06. The van der Waals surface area contributed by atoms with Gasteiger partial charge in [0.1, 0.15) is 6.04 Å². The van der Waals surface area contributed by atoms with Crippen molar-refractivity contribution in [2.45, 2.75) is 18.0 Å². The van der Waals surface area contributed by atoms with Gasteiger partial charge in [0, 0.05) is 18.1 Å². The Bertz CT molecular complexity index is 529. The maximum absolute atomic E-state index is 12.4. The number of H-pyrrole nitrogens is 1. The second-order valence-corrected chi connectivity index (χ2v) is 6.89. The smallest absolute Gasteiger partial charge is 0.325 e. The van der Waals surface area contributed by atoms with Crippen molar-refractivity contribution in [3.63, 3.8) is 0 Å². The van der Waals surface area contributed by atoms with Crippen LogP contribution in [0.25, 0.3) is 0 Å². The SMILES string of the molecule is CCOC(=O)C1CSCCN1S(=O)(=O)c1ccn[nH]1.